The number of aromatic nitrogens is 2. The number of ether oxygens (including phenoxy) is 1. The predicted molar refractivity (Wildman–Crippen MR) is 132 cm³/mol. The number of benzene rings is 3. The molecule has 1 aliphatic rings. The number of anilines is 1. The van der Waals surface area contributed by atoms with Crippen molar-refractivity contribution in [2.75, 3.05) is 5.73 Å². The first kappa shape index (κ1) is 20.8. The highest BCUT2D eigenvalue weighted by Crippen LogP contribution is 2.39. The molecule has 0 saturated carbocycles. The summed E-state index contributed by atoms with van der Waals surface area (Å²) in [6.45, 7) is 5.19. The number of imidazole rings is 1. The molecule has 4 aromatic rings. The Hall–Kier alpha value is -4.04. The van der Waals surface area contributed by atoms with Crippen LogP contribution < -0.4 is 10.5 Å². The van der Waals surface area contributed by atoms with E-state index >= 15 is 0 Å². The molecule has 3 aromatic carbocycles. The maximum absolute atomic E-state index is 9.69. The summed E-state index contributed by atoms with van der Waals surface area (Å²) in [6.07, 6.45) is 1.91. The van der Waals surface area contributed by atoms with Crippen LogP contribution >= 0.6 is 0 Å². The molecule has 0 amide bonds. The molecule has 0 unspecified atom stereocenters. The van der Waals surface area contributed by atoms with Crippen LogP contribution in [0.4, 0.5) is 5.69 Å². The topological polar surface area (TPSA) is 76.9 Å². The van der Waals surface area contributed by atoms with Crippen LogP contribution in [0, 0.1) is 11.3 Å². The number of hydrogen-bond acceptors (Lipinski definition) is 4. The normalized spacial score (nSPS) is 14.1. The molecule has 0 fully saturated rings. The minimum Gasteiger partial charge on any atom is -0.488 e. The van der Waals surface area contributed by atoms with E-state index < -0.39 is 0 Å². The third-order valence-corrected chi connectivity index (χ3v) is 6.22. The highest BCUT2D eigenvalue weighted by atomic mass is 16.5. The van der Waals surface area contributed by atoms with Crippen LogP contribution in [0.15, 0.2) is 66.2 Å². The van der Waals surface area contributed by atoms with Crippen LogP contribution in [0.1, 0.15) is 48.3 Å². The first-order valence-corrected chi connectivity index (χ1v) is 11.3. The standard InChI is InChI=1S/C28H26N4O/c1-3-7-26-31-28-23(30)9-6-10-24(28)32(26)16-19-12-13-21-20(14-19)17-33-25-11-5-4-8-22(25)27(21)18(2)15-29/h4-6,8-14H,3,7,16-17,30H2,1-2H3. The van der Waals surface area contributed by atoms with Gasteiger partial charge in [-0.1, -0.05) is 43.3 Å². The van der Waals surface area contributed by atoms with Crippen molar-refractivity contribution in [2.24, 2.45) is 0 Å². The monoisotopic (exact) mass is 434 g/mol. The maximum Gasteiger partial charge on any atom is 0.127 e. The van der Waals surface area contributed by atoms with E-state index in [2.05, 4.69) is 41.8 Å². The fraction of sp³-hybridized carbons (Fsp3) is 0.214. The van der Waals surface area contributed by atoms with Gasteiger partial charge in [0, 0.05) is 29.7 Å². The number of fused-ring (bicyclic) bond motifs is 3. The molecule has 0 bridgehead atoms. The molecule has 1 aromatic heterocycles. The van der Waals surface area contributed by atoms with Gasteiger partial charge in [-0.05, 0) is 54.3 Å². The van der Waals surface area contributed by atoms with E-state index in [0.29, 0.717) is 24.4 Å². The van der Waals surface area contributed by atoms with Gasteiger partial charge in [0.25, 0.3) is 0 Å². The average molecular weight is 435 g/mol. The van der Waals surface area contributed by atoms with Gasteiger partial charge >= 0.3 is 0 Å². The van der Waals surface area contributed by atoms with Crippen molar-refractivity contribution in [3.63, 3.8) is 0 Å². The molecule has 5 rings (SSSR count). The Kier molecular flexibility index (Phi) is 5.35. The summed E-state index contributed by atoms with van der Waals surface area (Å²) < 4.78 is 8.42. The minimum atomic E-state index is 0.460. The number of allylic oxidation sites excluding steroid dienone is 1. The van der Waals surface area contributed by atoms with Crippen LogP contribution in [-0.4, -0.2) is 9.55 Å². The second-order valence-electron chi connectivity index (χ2n) is 8.47. The zero-order chi connectivity index (χ0) is 22.9. The molecular formula is C28H26N4O. The number of hydrogen-bond donors (Lipinski definition) is 1. The molecule has 5 nitrogen and oxygen atoms in total. The van der Waals surface area contributed by atoms with E-state index in [-0.39, 0.29) is 0 Å². The average Bonchev–Trinajstić information content (AvgIpc) is 3.08. The summed E-state index contributed by atoms with van der Waals surface area (Å²) in [4.78, 5) is 4.84. The first-order valence-electron chi connectivity index (χ1n) is 11.3. The van der Waals surface area contributed by atoms with E-state index in [1.54, 1.807) is 0 Å². The van der Waals surface area contributed by atoms with E-state index in [4.69, 9.17) is 15.5 Å². The third kappa shape index (κ3) is 3.64. The lowest BCUT2D eigenvalue weighted by atomic mass is 9.90. The molecule has 33 heavy (non-hydrogen) atoms. The molecular weight excluding hydrogens is 408 g/mol. The second-order valence-corrected chi connectivity index (χ2v) is 8.47. The zero-order valence-electron chi connectivity index (χ0n) is 18.9. The van der Waals surface area contributed by atoms with Crippen LogP contribution in [0.2, 0.25) is 0 Å². The minimum absolute atomic E-state index is 0.460. The summed E-state index contributed by atoms with van der Waals surface area (Å²) in [6, 6.07) is 22.7. The summed E-state index contributed by atoms with van der Waals surface area (Å²) in [5.74, 6) is 1.85. The number of rotatable bonds is 4. The van der Waals surface area contributed by atoms with E-state index in [1.807, 2.05) is 43.3 Å². The SMILES string of the molecule is CCCc1nc2c(N)cccc2n1Cc1ccc2c(c1)COc1ccccc1C2=C(C)C#N. The van der Waals surface area contributed by atoms with E-state index in [1.165, 1.54) is 0 Å². The molecule has 5 heteroatoms. The van der Waals surface area contributed by atoms with Crippen molar-refractivity contribution in [3.8, 4) is 11.8 Å². The summed E-state index contributed by atoms with van der Waals surface area (Å²) in [5, 5.41) is 9.69. The lowest BCUT2D eigenvalue weighted by molar-refractivity contribution is 0.307. The van der Waals surface area contributed by atoms with Crippen LogP contribution in [-0.2, 0) is 19.6 Å². The van der Waals surface area contributed by atoms with Crippen LogP contribution in [0.3, 0.4) is 0 Å². The van der Waals surface area contributed by atoms with Crippen LogP contribution in [0.25, 0.3) is 16.6 Å². The summed E-state index contributed by atoms with van der Waals surface area (Å²) in [5.41, 5.74) is 14.7. The van der Waals surface area contributed by atoms with Gasteiger partial charge in [-0.3, -0.25) is 0 Å². The number of aryl methyl sites for hydroxylation is 1. The Morgan fingerprint density at radius 2 is 1.97 bits per heavy atom. The van der Waals surface area contributed by atoms with Crippen LogP contribution in [0.5, 0.6) is 5.75 Å². The van der Waals surface area contributed by atoms with Crippen molar-refractivity contribution in [1.82, 2.24) is 9.55 Å². The Balaban J connectivity index is 1.60. The summed E-state index contributed by atoms with van der Waals surface area (Å²) in [7, 11) is 0. The molecule has 164 valence electrons. The highest BCUT2D eigenvalue weighted by Gasteiger charge is 2.22. The molecule has 0 spiro atoms. The molecule has 2 N–H and O–H groups in total. The first-order chi connectivity index (χ1) is 16.1. The van der Waals surface area contributed by atoms with Gasteiger partial charge in [0.2, 0.25) is 0 Å². The van der Waals surface area contributed by atoms with Gasteiger partial charge in [-0.2, -0.15) is 5.26 Å². The number of nitrogens with zero attached hydrogens (tertiary/aromatic N) is 3. The van der Waals surface area contributed by atoms with Crippen molar-refractivity contribution in [2.45, 2.75) is 39.8 Å². The third-order valence-electron chi connectivity index (χ3n) is 6.22. The van der Waals surface area contributed by atoms with E-state index in [0.717, 1.165) is 63.3 Å². The highest BCUT2D eigenvalue weighted by molar-refractivity contribution is 5.89. The van der Waals surface area contributed by atoms with Gasteiger partial charge < -0.3 is 15.0 Å². The van der Waals surface area contributed by atoms with E-state index in [9.17, 15) is 5.26 Å². The fourth-order valence-corrected chi connectivity index (χ4v) is 4.66. The van der Waals surface area contributed by atoms with Crippen molar-refractivity contribution < 1.29 is 4.74 Å². The molecule has 0 aliphatic carbocycles. The van der Waals surface area contributed by atoms with Gasteiger partial charge in [-0.15, -0.1) is 0 Å². The van der Waals surface area contributed by atoms with Crippen molar-refractivity contribution >= 4 is 22.3 Å². The zero-order valence-corrected chi connectivity index (χ0v) is 18.9. The Morgan fingerprint density at radius 3 is 2.79 bits per heavy atom. The lowest BCUT2D eigenvalue weighted by Crippen LogP contribution is -2.06. The predicted octanol–water partition coefficient (Wildman–Crippen LogP) is 5.86. The Morgan fingerprint density at radius 1 is 1.12 bits per heavy atom. The molecule has 2 heterocycles. The number of nitrogens with two attached hydrogens (primary N) is 1. The number of nitriles is 1. The number of para-hydroxylation sites is 2. The van der Waals surface area contributed by atoms with Gasteiger partial charge in [-0.25, -0.2) is 4.98 Å². The molecule has 0 atom stereocenters. The largest absolute Gasteiger partial charge is 0.488 e. The summed E-state index contributed by atoms with van der Waals surface area (Å²) >= 11 is 0. The quantitative estimate of drug-likeness (QED) is 0.322. The van der Waals surface area contributed by atoms with Gasteiger partial charge in [0.1, 0.15) is 23.7 Å². The number of nitrogen functional groups attached to an aromatic ring is 1. The maximum atomic E-state index is 9.69. The second kappa shape index (κ2) is 8.48. The van der Waals surface area contributed by atoms with Gasteiger partial charge in [0.15, 0.2) is 0 Å². The van der Waals surface area contributed by atoms with Gasteiger partial charge in [0.05, 0.1) is 17.3 Å². The Labute approximate surface area is 193 Å². The van der Waals surface area contributed by atoms with Crippen molar-refractivity contribution in [3.05, 3.63) is 94.3 Å². The van der Waals surface area contributed by atoms with Crippen molar-refractivity contribution in [1.29, 1.82) is 5.26 Å². The Bertz CT molecular complexity index is 1440. The molecule has 0 saturated heterocycles. The fourth-order valence-electron chi connectivity index (χ4n) is 4.66. The lowest BCUT2D eigenvalue weighted by Gasteiger charge is -2.14. The molecule has 0 radical (unpaired) electrons. The smallest absolute Gasteiger partial charge is 0.127 e. The molecule has 1 aliphatic heterocycles.